The fourth-order valence-corrected chi connectivity index (χ4v) is 7.18. The average Bonchev–Trinajstić information content (AvgIpc) is 3.54. The van der Waals surface area contributed by atoms with Gasteiger partial charge in [-0.05, 0) is 68.0 Å². The molecule has 6 nitrogen and oxygen atoms in total. The van der Waals surface area contributed by atoms with Crippen LogP contribution < -0.4 is 15.0 Å². The minimum absolute atomic E-state index is 0.230. The molecule has 4 heterocycles. The van der Waals surface area contributed by atoms with Gasteiger partial charge in [-0.3, -0.25) is 0 Å². The van der Waals surface area contributed by atoms with Gasteiger partial charge in [-0.1, -0.05) is 54.1 Å². The van der Waals surface area contributed by atoms with Crippen LogP contribution in [0.4, 0.5) is 10.2 Å². The van der Waals surface area contributed by atoms with E-state index in [0.29, 0.717) is 46.5 Å². The monoisotopic (exact) mass is 559 g/mol. The first-order chi connectivity index (χ1) is 19.5. The number of nitrogens with one attached hydrogen (secondary N) is 1. The van der Waals surface area contributed by atoms with E-state index in [1.165, 1.54) is 12.8 Å². The molecule has 0 radical (unpaired) electrons. The highest BCUT2D eigenvalue weighted by Crippen LogP contribution is 2.41. The van der Waals surface area contributed by atoms with E-state index >= 15 is 4.39 Å². The van der Waals surface area contributed by atoms with Crippen LogP contribution in [-0.4, -0.2) is 65.8 Å². The summed E-state index contributed by atoms with van der Waals surface area (Å²) in [6.07, 6.45) is 5.67. The van der Waals surface area contributed by atoms with Gasteiger partial charge >= 0.3 is 6.01 Å². The van der Waals surface area contributed by atoms with Gasteiger partial charge in [-0.2, -0.15) is 9.97 Å². The maximum atomic E-state index is 16.6. The van der Waals surface area contributed by atoms with Gasteiger partial charge in [0, 0.05) is 48.7 Å². The summed E-state index contributed by atoms with van der Waals surface area (Å²) in [6.45, 7) is 6.55. The number of halogens is 2. The molecule has 40 heavy (non-hydrogen) atoms. The maximum Gasteiger partial charge on any atom is 0.319 e. The van der Waals surface area contributed by atoms with Crippen LogP contribution in [0.5, 0.6) is 6.01 Å². The molecule has 0 saturated carbocycles. The zero-order valence-corrected chi connectivity index (χ0v) is 23.6. The quantitative estimate of drug-likeness (QED) is 0.263. The first-order valence-electron chi connectivity index (χ1n) is 14.6. The van der Waals surface area contributed by atoms with E-state index < -0.39 is 5.82 Å². The lowest BCUT2D eigenvalue weighted by atomic mass is 9.96. The molecule has 1 aromatic heterocycles. The molecule has 3 aliphatic rings. The molecule has 0 amide bonds. The standard InChI is InChI=1S/C32H35ClFN5O/c1-20-7-5-14-38(20)15-6-16-40-32-36-30-26(31(37-32)39-18-22-12-13-23(19-39)35-22)17-27(33)28(29(30)34)25-11-4-9-21-8-2-3-10-24(21)25/h2-4,8-11,17,20,22-23,35H,5-7,12-16,18-19H2,1H3/t20-,22-,23+/m1/s1. The first-order valence-corrected chi connectivity index (χ1v) is 15.0. The number of benzene rings is 3. The van der Waals surface area contributed by atoms with Gasteiger partial charge in [-0.25, -0.2) is 4.39 Å². The van der Waals surface area contributed by atoms with Crippen molar-refractivity contribution in [3.63, 3.8) is 0 Å². The van der Waals surface area contributed by atoms with Gasteiger partial charge in [0.05, 0.1) is 11.6 Å². The summed E-state index contributed by atoms with van der Waals surface area (Å²) in [5.41, 5.74) is 1.38. The third-order valence-corrected chi connectivity index (χ3v) is 9.23. The van der Waals surface area contributed by atoms with Gasteiger partial charge in [-0.15, -0.1) is 0 Å². The Morgan fingerprint density at radius 2 is 1.82 bits per heavy atom. The number of anilines is 1. The Morgan fingerprint density at radius 1 is 1.02 bits per heavy atom. The summed E-state index contributed by atoms with van der Waals surface area (Å²) < 4.78 is 22.7. The fraction of sp³-hybridized carbons (Fsp3) is 0.438. The number of hydrogen-bond acceptors (Lipinski definition) is 6. The van der Waals surface area contributed by atoms with Gasteiger partial charge in [0.2, 0.25) is 0 Å². The number of aromatic nitrogens is 2. The third-order valence-electron chi connectivity index (χ3n) is 8.93. The number of likely N-dealkylation sites (tertiary alicyclic amines) is 1. The highest BCUT2D eigenvalue weighted by Gasteiger charge is 2.34. The molecular weight excluding hydrogens is 525 g/mol. The van der Waals surface area contributed by atoms with Crippen LogP contribution in [-0.2, 0) is 0 Å². The predicted octanol–water partition coefficient (Wildman–Crippen LogP) is 6.44. The Labute approximate surface area is 239 Å². The number of fused-ring (bicyclic) bond motifs is 4. The fourth-order valence-electron chi connectivity index (χ4n) is 6.88. The molecule has 3 aliphatic heterocycles. The van der Waals surface area contributed by atoms with Crippen molar-refractivity contribution < 1.29 is 9.13 Å². The smallest absolute Gasteiger partial charge is 0.319 e. The molecule has 4 aromatic rings. The molecular formula is C32H35ClFN5O. The van der Waals surface area contributed by atoms with Crippen molar-refractivity contribution in [2.45, 2.75) is 57.2 Å². The molecule has 3 aromatic carbocycles. The Balaban J connectivity index is 1.29. The van der Waals surface area contributed by atoms with Gasteiger partial charge in [0.25, 0.3) is 0 Å². The number of rotatable bonds is 7. The second kappa shape index (κ2) is 10.8. The highest BCUT2D eigenvalue weighted by molar-refractivity contribution is 6.35. The summed E-state index contributed by atoms with van der Waals surface area (Å²) in [7, 11) is 0. The lowest BCUT2D eigenvalue weighted by Crippen LogP contribution is -2.51. The normalized spacial score (nSPS) is 23.0. The van der Waals surface area contributed by atoms with E-state index in [9.17, 15) is 0 Å². The molecule has 0 unspecified atom stereocenters. The SMILES string of the molecule is C[C@@H]1CCCN1CCCOc1nc(N2C[C@H]3CC[C@@H](C2)N3)c2cc(Cl)c(-c3cccc4ccccc34)c(F)c2n1. The van der Waals surface area contributed by atoms with Crippen molar-refractivity contribution in [2.24, 2.45) is 0 Å². The van der Waals surface area contributed by atoms with Crippen LogP contribution in [0.1, 0.15) is 39.0 Å². The Hall–Kier alpha value is -3.00. The largest absolute Gasteiger partial charge is 0.463 e. The van der Waals surface area contributed by atoms with E-state index in [2.05, 4.69) is 27.0 Å². The molecule has 2 bridgehead atoms. The van der Waals surface area contributed by atoms with E-state index in [4.69, 9.17) is 21.3 Å². The molecule has 0 aliphatic carbocycles. The zero-order valence-electron chi connectivity index (χ0n) is 22.9. The third kappa shape index (κ3) is 4.78. The Morgan fingerprint density at radius 3 is 2.62 bits per heavy atom. The molecule has 1 N–H and O–H groups in total. The van der Waals surface area contributed by atoms with Crippen molar-refractivity contribution in [1.29, 1.82) is 0 Å². The summed E-state index contributed by atoms with van der Waals surface area (Å²) in [6, 6.07) is 17.4. The van der Waals surface area contributed by atoms with Crippen molar-refractivity contribution >= 4 is 39.1 Å². The maximum absolute atomic E-state index is 16.6. The van der Waals surface area contributed by atoms with Gasteiger partial charge in [0.15, 0.2) is 5.82 Å². The molecule has 3 saturated heterocycles. The van der Waals surface area contributed by atoms with Gasteiger partial charge < -0.3 is 19.9 Å². The molecule has 3 atom stereocenters. The topological polar surface area (TPSA) is 53.5 Å². The molecule has 8 heteroatoms. The van der Waals surface area contributed by atoms with Crippen LogP contribution in [0.25, 0.3) is 32.8 Å². The second-order valence-corrected chi connectivity index (χ2v) is 12.0. The number of piperazine rings is 1. The lowest BCUT2D eigenvalue weighted by Gasteiger charge is -2.34. The van der Waals surface area contributed by atoms with Crippen molar-refractivity contribution in [1.82, 2.24) is 20.2 Å². The summed E-state index contributed by atoms with van der Waals surface area (Å²) in [5, 5.41) is 6.65. The van der Waals surface area contributed by atoms with Crippen LogP contribution >= 0.6 is 11.6 Å². The Bertz CT molecular complexity index is 1550. The average molecular weight is 560 g/mol. The van der Waals surface area contributed by atoms with Crippen molar-refractivity contribution in [2.75, 3.05) is 37.7 Å². The van der Waals surface area contributed by atoms with Gasteiger partial charge in [0.1, 0.15) is 11.3 Å². The zero-order chi connectivity index (χ0) is 27.2. The van der Waals surface area contributed by atoms with E-state index in [0.717, 1.165) is 61.8 Å². The summed E-state index contributed by atoms with van der Waals surface area (Å²) >= 11 is 6.88. The Kier molecular flexibility index (Phi) is 6.98. The molecule has 3 fully saturated rings. The number of hydrogen-bond donors (Lipinski definition) is 1. The molecule has 208 valence electrons. The summed E-state index contributed by atoms with van der Waals surface area (Å²) in [4.78, 5) is 14.3. The lowest BCUT2D eigenvalue weighted by molar-refractivity contribution is 0.223. The van der Waals surface area contributed by atoms with E-state index in [1.54, 1.807) is 0 Å². The van der Waals surface area contributed by atoms with Crippen molar-refractivity contribution in [3.8, 4) is 17.1 Å². The molecule has 7 rings (SSSR count). The highest BCUT2D eigenvalue weighted by atomic mass is 35.5. The molecule has 0 spiro atoms. The van der Waals surface area contributed by atoms with Crippen LogP contribution in [0, 0.1) is 5.82 Å². The van der Waals surface area contributed by atoms with Crippen LogP contribution in [0.3, 0.4) is 0 Å². The van der Waals surface area contributed by atoms with Crippen LogP contribution in [0.15, 0.2) is 48.5 Å². The van der Waals surface area contributed by atoms with Crippen molar-refractivity contribution in [3.05, 3.63) is 59.4 Å². The van der Waals surface area contributed by atoms with E-state index in [1.807, 2.05) is 48.5 Å². The van der Waals surface area contributed by atoms with Crippen LogP contribution in [0.2, 0.25) is 5.02 Å². The second-order valence-electron chi connectivity index (χ2n) is 11.6. The minimum Gasteiger partial charge on any atom is -0.463 e. The minimum atomic E-state index is -0.434. The first kappa shape index (κ1) is 25.9. The summed E-state index contributed by atoms with van der Waals surface area (Å²) in [5.74, 6) is 0.271. The van der Waals surface area contributed by atoms with E-state index in [-0.39, 0.29) is 11.5 Å². The number of nitrogens with zero attached hydrogens (tertiary/aromatic N) is 4. The number of ether oxygens (including phenoxy) is 1. The predicted molar refractivity (Wildman–Crippen MR) is 160 cm³/mol.